The normalized spacial score (nSPS) is 13.7. The van der Waals surface area contributed by atoms with Crippen molar-refractivity contribution in [3.8, 4) is 5.75 Å². The number of rotatable bonds is 7. The highest BCUT2D eigenvalue weighted by Gasteiger charge is 2.17. The number of H-pyrrole nitrogens is 1. The molecule has 0 fully saturated rings. The van der Waals surface area contributed by atoms with E-state index < -0.39 is 16.9 Å². The molecule has 144 valence electrons. The zero-order valence-corrected chi connectivity index (χ0v) is 16.9. The topological polar surface area (TPSA) is 88.1 Å². The molecule has 0 aliphatic heterocycles. The lowest BCUT2D eigenvalue weighted by molar-refractivity contribution is 0.166. The van der Waals surface area contributed by atoms with Crippen molar-refractivity contribution < 1.29 is 14.1 Å². The molecule has 0 bridgehead atoms. The molecular formula is C20H25N3O3S. The van der Waals surface area contributed by atoms with Crippen molar-refractivity contribution in [1.82, 2.24) is 15.0 Å². The minimum atomic E-state index is -1.36. The average molecular weight is 388 g/mol. The van der Waals surface area contributed by atoms with Crippen LogP contribution in [0.3, 0.4) is 0 Å². The highest BCUT2D eigenvalue weighted by atomic mass is 32.2. The summed E-state index contributed by atoms with van der Waals surface area (Å²) in [6.07, 6.45) is 2.85. The van der Waals surface area contributed by atoms with E-state index in [4.69, 9.17) is 4.74 Å². The third-order valence-corrected chi connectivity index (χ3v) is 5.82. The van der Waals surface area contributed by atoms with Crippen LogP contribution in [0, 0.1) is 13.8 Å². The van der Waals surface area contributed by atoms with Crippen LogP contribution in [0.1, 0.15) is 48.3 Å². The quantitative estimate of drug-likeness (QED) is 0.645. The van der Waals surface area contributed by atoms with Gasteiger partial charge in [0.05, 0.1) is 46.5 Å². The first-order valence-corrected chi connectivity index (χ1v) is 10.3. The van der Waals surface area contributed by atoms with E-state index in [1.165, 1.54) is 0 Å². The van der Waals surface area contributed by atoms with Gasteiger partial charge in [0, 0.05) is 17.3 Å². The third-order valence-electron chi connectivity index (χ3n) is 4.66. The Balaban J connectivity index is 1.86. The van der Waals surface area contributed by atoms with Crippen LogP contribution < -0.4 is 4.74 Å². The Morgan fingerprint density at radius 3 is 2.81 bits per heavy atom. The van der Waals surface area contributed by atoms with Crippen molar-refractivity contribution >= 4 is 21.8 Å². The molecule has 0 radical (unpaired) electrons. The summed E-state index contributed by atoms with van der Waals surface area (Å²) in [6, 6.07) is 5.59. The number of aliphatic hydroxyl groups excluding tert-OH is 1. The minimum absolute atomic E-state index is 0.258. The van der Waals surface area contributed by atoms with Crippen molar-refractivity contribution in [2.75, 3.05) is 7.11 Å². The van der Waals surface area contributed by atoms with Crippen molar-refractivity contribution in [1.29, 1.82) is 0 Å². The number of methoxy groups -OCH3 is 1. The van der Waals surface area contributed by atoms with Gasteiger partial charge in [0.25, 0.3) is 0 Å². The highest BCUT2D eigenvalue weighted by Crippen LogP contribution is 2.26. The van der Waals surface area contributed by atoms with Crippen LogP contribution in [0.15, 0.2) is 29.6 Å². The van der Waals surface area contributed by atoms with Gasteiger partial charge in [-0.05, 0) is 38.0 Å². The number of fused-ring (bicyclic) bond motifs is 1. The zero-order chi connectivity index (χ0) is 19.6. The van der Waals surface area contributed by atoms with E-state index in [1.54, 1.807) is 13.3 Å². The van der Waals surface area contributed by atoms with Gasteiger partial charge in [0.1, 0.15) is 5.75 Å². The first-order valence-electron chi connectivity index (χ1n) is 8.99. The fraction of sp³-hybridized carbons (Fsp3) is 0.400. The predicted octanol–water partition coefficient (Wildman–Crippen LogP) is 3.72. The Bertz CT molecular complexity index is 984. The molecule has 7 heteroatoms. The molecular weight excluding hydrogens is 362 g/mol. The van der Waals surface area contributed by atoms with E-state index in [0.717, 1.165) is 45.6 Å². The molecule has 1 aromatic carbocycles. The maximum absolute atomic E-state index is 12.8. The number of hydrogen-bond acceptors (Lipinski definition) is 5. The number of nitrogens with zero attached hydrogens (tertiary/aromatic N) is 2. The smallest absolute Gasteiger partial charge is 0.197 e. The summed E-state index contributed by atoms with van der Waals surface area (Å²) in [5, 5.41) is 10.6. The minimum Gasteiger partial charge on any atom is -0.496 e. The Hall–Kier alpha value is -2.25. The van der Waals surface area contributed by atoms with Crippen LogP contribution in [0.5, 0.6) is 5.75 Å². The van der Waals surface area contributed by atoms with E-state index in [1.807, 2.05) is 39.0 Å². The van der Waals surface area contributed by atoms with E-state index in [2.05, 4.69) is 15.0 Å². The van der Waals surface area contributed by atoms with Crippen molar-refractivity contribution in [3.05, 3.63) is 46.8 Å². The molecule has 27 heavy (non-hydrogen) atoms. The summed E-state index contributed by atoms with van der Waals surface area (Å²) < 4.78 is 18.2. The van der Waals surface area contributed by atoms with E-state index in [0.29, 0.717) is 11.6 Å². The number of aryl methyl sites for hydroxylation is 1. The number of aliphatic hydroxyl groups is 1. The molecule has 0 aliphatic rings. The lowest BCUT2D eigenvalue weighted by Crippen LogP contribution is -2.05. The molecule has 2 aromatic heterocycles. The number of hydrogen-bond donors (Lipinski definition) is 2. The van der Waals surface area contributed by atoms with Gasteiger partial charge in [0.2, 0.25) is 0 Å². The standard InChI is InChI=1S/C20H25N3O3S/c1-5-6-18(24)14-7-8-15-16(9-14)23-20(22-15)27(25)11-17-13(3)19(26-4)12(2)10-21-17/h7-10,18,24H,5-6,11H2,1-4H3,(H,22,23). The summed E-state index contributed by atoms with van der Waals surface area (Å²) in [5.41, 5.74) is 4.92. The molecule has 2 unspecified atom stereocenters. The van der Waals surface area contributed by atoms with Gasteiger partial charge in [-0.25, -0.2) is 4.98 Å². The maximum atomic E-state index is 12.8. The summed E-state index contributed by atoms with van der Waals surface area (Å²) in [4.78, 5) is 12.0. The van der Waals surface area contributed by atoms with E-state index in [-0.39, 0.29) is 5.75 Å². The summed E-state index contributed by atoms with van der Waals surface area (Å²) in [5.74, 6) is 1.03. The van der Waals surface area contributed by atoms with Crippen LogP contribution in [0.2, 0.25) is 0 Å². The van der Waals surface area contributed by atoms with Gasteiger partial charge < -0.3 is 14.8 Å². The van der Waals surface area contributed by atoms with Gasteiger partial charge in [-0.3, -0.25) is 9.19 Å². The largest absolute Gasteiger partial charge is 0.496 e. The zero-order valence-electron chi connectivity index (χ0n) is 16.1. The lowest BCUT2D eigenvalue weighted by Gasteiger charge is -2.11. The predicted molar refractivity (Wildman–Crippen MR) is 106 cm³/mol. The third kappa shape index (κ3) is 4.04. The van der Waals surface area contributed by atoms with Crippen molar-refractivity contribution in [3.63, 3.8) is 0 Å². The Morgan fingerprint density at radius 2 is 2.11 bits per heavy atom. The number of pyridine rings is 1. The molecule has 3 aromatic rings. The average Bonchev–Trinajstić information content (AvgIpc) is 3.08. The number of imidazole rings is 1. The van der Waals surface area contributed by atoms with Gasteiger partial charge in [-0.2, -0.15) is 0 Å². The van der Waals surface area contributed by atoms with Gasteiger partial charge >= 0.3 is 0 Å². The molecule has 2 N–H and O–H groups in total. The second-order valence-corrected chi connectivity index (χ2v) is 8.03. The second kappa shape index (κ2) is 8.19. The van der Waals surface area contributed by atoms with Crippen LogP contribution in [-0.4, -0.2) is 31.4 Å². The van der Waals surface area contributed by atoms with Gasteiger partial charge in [0.15, 0.2) is 5.16 Å². The van der Waals surface area contributed by atoms with Crippen molar-refractivity contribution in [2.24, 2.45) is 0 Å². The van der Waals surface area contributed by atoms with Gasteiger partial charge in [-0.15, -0.1) is 0 Å². The second-order valence-electron chi connectivity index (χ2n) is 6.66. The van der Waals surface area contributed by atoms with Crippen LogP contribution in [0.25, 0.3) is 11.0 Å². The first kappa shape index (κ1) is 19.5. The first-order chi connectivity index (χ1) is 12.9. The molecule has 0 saturated heterocycles. The Morgan fingerprint density at radius 1 is 1.33 bits per heavy atom. The monoisotopic (exact) mass is 387 g/mol. The number of aromatic nitrogens is 3. The van der Waals surface area contributed by atoms with Gasteiger partial charge in [-0.1, -0.05) is 19.4 Å². The molecule has 2 atom stereocenters. The van der Waals surface area contributed by atoms with E-state index in [9.17, 15) is 9.32 Å². The van der Waals surface area contributed by atoms with Crippen LogP contribution in [-0.2, 0) is 16.6 Å². The molecule has 3 rings (SSSR count). The lowest BCUT2D eigenvalue weighted by atomic mass is 10.0. The SMILES string of the molecule is CCCC(O)c1ccc2nc(S(=O)Cc3ncc(C)c(OC)c3C)[nH]c2c1. The molecule has 0 spiro atoms. The maximum Gasteiger partial charge on any atom is 0.197 e. The van der Waals surface area contributed by atoms with Crippen LogP contribution in [0.4, 0.5) is 0 Å². The summed E-state index contributed by atoms with van der Waals surface area (Å²) >= 11 is 0. The molecule has 6 nitrogen and oxygen atoms in total. The van der Waals surface area contributed by atoms with Crippen LogP contribution >= 0.6 is 0 Å². The number of benzene rings is 1. The molecule has 0 aliphatic carbocycles. The molecule has 2 heterocycles. The highest BCUT2D eigenvalue weighted by molar-refractivity contribution is 7.84. The number of nitrogens with one attached hydrogen (secondary N) is 1. The fourth-order valence-corrected chi connectivity index (χ4v) is 4.27. The summed E-state index contributed by atoms with van der Waals surface area (Å²) in [7, 11) is 0.263. The number of aromatic amines is 1. The van der Waals surface area contributed by atoms with Crippen molar-refractivity contribution in [2.45, 2.75) is 50.6 Å². The molecule has 0 saturated carbocycles. The molecule has 0 amide bonds. The van der Waals surface area contributed by atoms with E-state index >= 15 is 0 Å². The Kier molecular flexibility index (Phi) is 5.92. The summed E-state index contributed by atoms with van der Waals surface area (Å²) in [6.45, 7) is 5.89. The number of ether oxygens (including phenoxy) is 1. The fourth-order valence-electron chi connectivity index (χ4n) is 3.17. The Labute approximate surface area is 161 Å².